The second kappa shape index (κ2) is 6.13. The van der Waals surface area contributed by atoms with Gasteiger partial charge < -0.3 is 20.7 Å². The van der Waals surface area contributed by atoms with Crippen LogP contribution in [0.4, 0.5) is 5.69 Å². The molecule has 0 bridgehead atoms. The summed E-state index contributed by atoms with van der Waals surface area (Å²) >= 11 is 1.32. The van der Waals surface area contributed by atoms with Crippen LogP contribution < -0.4 is 5.73 Å². The number of aliphatic hydroxyl groups excluding tert-OH is 2. The summed E-state index contributed by atoms with van der Waals surface area (Å²) in [5, 5.41) is 28.6. The van der Waals surface area contributed by atoms with Crippen molar-refractivity contribution in [3.8, 4) is 0 Å². The van der Waals surface area contributed by atoms with Crippen LogP contribution in [0.5, 0.6) is 0 Å². The quantitative estimate of drug-likeness (QED) is 0.432. The van der Waals surface area contributed by atoms with Crippen LogP contribution in [-0.2, 0) is 4.74 Å². The van der Waals surface area contributed by atoms with Gasteiger partial charge in [0, 0.05) is 21.6 Å². The van der Waals surface area contributed by atoms with Crippen LogP contribution in [0.3, 0.4) is 0 Å². The van der Waals surface area contributed by atoms with Gasteiger partial charge in [-0.1, -0.05) is 10.2 Å². The number of fused-ring (bicyclic) bond motifs is 1. The molecule has 1 fully saturated rings. The Balaban J connectivity index is 2.15. The van der Waals surface area contributed by atoms with Gasteiger partial charge in [-0.25, -0.2) is 0 Å². The Hall–Kier alpha value is -2.59. The Morgan fingerprint density at radius 3 is 2.92 bits per heavy atom. The molecule has 1 aliphatic rings. The first-order valence-corrected chi connectivity index (χ1v) is 7.64. The number of pyridine rings is 1. The van der Waals surface area contributed by atoms with E-state index in [9.17, 15) is 10.2 Å². The van der Waals surface area contributed by atoms with Crippen LogP contribution in [0.15, 0.2) is 27.9 Å². The number of nitrogens with two attached hydrogens (primary N) is 1. The average Bonchev–Trinajstić information content (AvgIpc) is 3.11. The summed E-state index contributed by atoms with van der Waals surface area (Å²) in [5.74, 6) is 0. The summed E-state index contributed by atoms with van der Waals surface area (Å²) in [5.41, 5.74) is 23.0. The lowest BCUT2D eigenvalue weighted by Crippen LogP contribution is -2.43. The van der Waals surface area contributed by atoms with Crippen LogP contribution in [0.25, 0.3) is 31.1 Å². The molecule has 0 radical (unpaired) electrons. The van der Waals surface area contributed by atoms with Crippen molar-refractivity contribution >= 4 is 27.2 Å². The lowest BCUT2D eigenvalue weighted by molar-refractivity contribution is -0.107. The predicted octanol–water partition coefficient (Wildman–Crippen LogP) is 1.99. The normalized spacial score (nSPS) is 29.2. The highest BCUT2D eigenvalue weighted by Crippen LogP contribution is 2.46. The smallest absolute Gasteiger partial charge is 0.196 e. The van der Waals surface area contributed by atoms with Crippen LogP contribution >= 0.6 is 11.3 Å². The highest BCUT2D eigenvalue weighted by atomic mass is 32.1. The van der Waals surface area contributed by atoms with E-state index in [0.29, 0.717) is 16.8 Å². The van der Waals surface area contributed by atoms with Gasteiger partial charge >= 0.3 is 0 Å². The summed E-state index contributed by atoms with van der Waals surface area (Å²) in [4.78, 5) is 9.58. The second-order valence-electron chi connectivity index (χ2n) is 5.14. The lowest BCUT2D eigenvalue weighted by Gasteiger charge is -2.24. The first kappa shape index (κ1) is 16.3. The molecule has 4 N–H and O–H groups in total. The van der Waals surface area contributed by atoms with Crippen molar-refractivity contribution in [2.45, 2.75) is 24.0 Å². The summed E-state index contributed by atoms with van der Waals surface area (Å²) in [6, 6.07) is 0.546. The van der Waals surface area contributed by atoms with Crippen molar-refractivity contribution in [1.82, 2.24) is 4.98 Å². The van der Waals surface area contributed by atoms with Gasteiger partial charge in [-0.05, 0) is 22.5 Å². The molecule has 2 aromatic heterocycles. The fraction of sp³-hybridized carbons (Fsp3) is 0.417. The Labute approximate surface area is 138 Å². The van der Waals surface area contributed by atoms with E-state index in [2.05, 4.69) is 25.0 Å². The van der Waals surface area contributed by atoms with Gasteiger partial charge in [0.15, 0.2) is 5.72 Å². The van der Waals surface area contributed by atoms with Crippen LogP contribution in [0.1, 0.15) is 11.7 Å². The highest BCUT2D eigenvalue weighted by Gasteiger charge is 2.55. The Bertz CT molecular complexity index is 874. The third-order valence-electron chi connectivity index (χ3n) is 3.87. The number of hydrogen-bond donors (Lipinski definition) is 3. The minimum atomic E-state index is -1.94. The topological polar surface area (TPSA) is 186 Å². The maximum Gasteiger partial charge on any atom is 0.196 e. The zero-order valence-corrected chi connectivity index (χ0v) is 12.9. The highest BCUT2D eigenvalue weighted by molar-refractivity contribution is 7.18. The molecule has 2 aromatic rings. The Morgan fingerprint density at radius 1 is 1.46 bits per heavy atom. The van der Waals surface area contributed by atoms with Crippen molar-refractivity contribution in [2.24, 2.45) is 10.2 Å². The van der Waals surface area contributed by atoms with Gasteiger partial charge in [0.25, 0.3) is 0 Å². The van der Waals surface area contributed by atoms with Gasteiger partial charge in [0.05, 0.1) is 34.7 Å². The molecular formula is C12H12N8O3S. The van der Waals surface area contributed by atoms with Crippen molar-refractivity contribution < 1.29 is 14.9 Å². The van der Waals surface area contributed by atoms with Crippen molar-refractivity contribution in [2.75, 3.05) is 12.3 Å². The van der Waals surface area contributed by atoms with Crippen molar-refractivity contribution in [3.63, 3.8) is 0 Å². The number of nitrogens with zero attached hydrogens (tertiary/aromatic N) is 7. The van der Waals surface area contributed by atoms with Gasteiger partial charge in [-0.3, -0.25) is 4.98 Å². The van der Waals surface area contributed by atoms with Gasteiger partial charge in [0.1, 0.15) is 6.10 Å². The molecule has 12 heteroatoms. The summed E-state index contributed by atoms with van der Waals surface area (Å²) in [6.07, 6.45) is -0.943. The summed E-state index contributed by atoms with van der Waals surface area (Å²) in [6.45, 7) is -0.774. The number of azide groups is 2. The molecule has 1 aliphatic heterocycles. The van der Waals surface area contributed by atoms with Gasteiger partial charge in [0.2, 0.25) is 0 Å². The number of rotatable bonds is 4. The van der Waals surface area contributed by atoms with E-state index in [0.717, 1.165) is 4.70 Å². The van der Waals surface area contributed by atoms with E-state index in [1.807, 2.05) is 0 Å². The molecule has 24 heavy (non-hydrogen) atoms. The molecule has 3 rings (SSSR count). The molecule has 1 unspecified atom stereocenters. The molecule has 0 spiro atoms. The van der Waals surface area contributed by atoms with E-state index >= 15 is 0 Å². The SMILES string of the molecule is [N-]=[N+]=NC1[C@H](c2csc3c(N)ccnc23)O[C@@](CO)(N=[N+]=[N-])[C@H]1O. The largest absolute Gasteiger partial charge is 0.397 e. The third kappa shape index (κ3) is 2.31. The third-order valence-corrected chi connectivity index (χ3v) is 4.91. The number of hydrogen-bond acceptors (Lipinski definition) is 8. The van der Waals surface area contributed by atoms with E-state index in [4.69, 9.17) is 21.5 Å². The molecular weight excluding hydrogens is 336 g/mol. The van der Waals surface area contributed by atoms with E-state index in [-0.39, 0.29) is 0 Å². The van der Waals surface area contributed by atoms with Gasteiger partial charge in [-0.15, -0.1) is 11.3 Å². The zero-order chi connectivity index (χ0) is 17.3. The number of thiophene rings is 1. The standard InChI is InChI=1S/C12H12N8O3S/c13-6-1-2-16-7-5(3-24-10(6)7)9-8(17-19-14)11(22)12(4-21,23-9)18-20-15/h1-3,8-9,11,21-22H,4H2,(H2,13,16)/t8?,9-,11-,12+/m0/s1. The number of aromatic nitrogens is 1. The number of anilines is 1. The number of aliphatic hydroxyl groups is 2. The first-order valence-electron chi connectivity index (χ1n) is 6.76. The minimum absolute atomic E-state index is 0.526. The fourth-order valence-corrected chi connectivity index (χ4v) is 3.69. The predicted molar refractivity (Wildman–Crippen MR) is 85.8 cm³/mol. The molecule has 1 saturated heterocycles. The Morgan fingerprint density at radius 2 is 2.25 bits per heavy atom. The first-order chi connectivity index (χ1) is 11.6. The molecule has 4 atom stereocenters. The molecule has 0 aromatic carbocycles. The van der Waals surface area contributed by atoms with Crippen molar-refractivity contribution in [1.29, 1.82) is 0 Å². The summed E-state index contributed by atoms with van der Waals surface area (Å²) in [7, 11) is 0. The van der Waals surface area contributed by atoms with Gasteiger partial charge in [-0.2, -0.15) is 0 Å². The lowest BCUT2D eigenvalue weighted by atomic mass is 9.98. The molecule has 3 heterocycles. The monoisotopic (exact) mass is 348 g/mol. The minimum Gasteiger partial charge on any atom is -0.397 e. The van der Waals surface area contributed by atoms with E-state index < -0.39 is 30.6 Å². The van der Waals surface area contributed by atoms with E-state index in [1.54, 1.807) is 11.4 Å². The second-order valence-corrected chi connectivity index (χ2v) is 6.02. The molecule has 0 amide bonds. The number of nitrogen functional groups attached to an aromatic ring is 1. The number of ether oxygens (including phenoxy) is 1. The van der Waals surface area contributed by atoms with Crippen LogP contribution in [0, 0.1) is 0 Å². The zero-order valence-electron chi connectivity index (χ0n) is 12.1. The van der Waals surface area contributed by atoms with Crippen LogP contribution in [0.2, 0.25) is 0 Å². The molecule has 11 nitrogen and oxygen atoms in total. The molecule has 124 valence electrons. The average molecular weight is 348 g/mol. The van der Waals surface area contributed by atoms with E-state index in [1.165, 1.54) is 17.5 Å². The maximum atomic E-state index is 10.4. The summed E-state index contributed by atoms with van der Waals surface area (Å²) < 4.78 is 6.37. The fourth-order valence-electron chi connectivity index (χ4n) is 2.72. The Kier molecular flexibility index (Phi) is 4.16. The molecule has 0 aliphatic carbocycles. The molecule has 0 saturated carbocycles. The van der Waals surface area contributed by atoms with Crippen LogP contribution in [-0.4, -0.2) is 39.7 Å². The maximum absolute atomic E-state index is 10.4. The van der Waals surface area contributed by atoms with Crippen molar-refractivity contribution in [3.05, 3.63) is 44.1 Å².